The van der Waals surface area contributed by atoms with Crippen molar-refractivity contribution in [2.75, 3.05) is 7.11 Å². The van der Waals surface area contributed by atoms with Gasteiger partial charge in [0.1, 0.15) is 5.01 Å². The molecule has 0 saturated heterocycles. The van der Waals surface area contributed by atoms with Crippen molar-refractivity contribution in [2.24, 2.45) is 0 Å². The zero-order valence-electron chi connectivity index (χ0n) is 13.9. The van der Waals surface area contributed by atoms with Crippen LogP contribution in [0.1, 0.15) is 19.0 Å². The van der Waals surface area contributed by atoms with Crippen molar-refractivity contribution in [1.82, 2.24) is 9.97 Å². The van der Waals surface area contributed by atoms with E-state index in [1.54, 1.807) is 18.3 Å². The van der Waals surface area contributed by atoms with Gasteiger partial charge in [-0.15, -0.1) is 11.3 Å². The van der Waals surface area contributed by atoms with Crippen LogP contribution >= 0.6 is 11.3 Å². The summed E-state index contributed by atoms with van der Waals surface area (Å²) in [5.41, 5.74) is 3.38. The molecule has 2 aromatic heterocycles. The molecule has 0 aliphatic rings. The lowest BCUT2D eigenvalue weighted by Crippen LogP contribution is -1.94. The maximum atomic E-state index is 11.2. The minimum atomic E-state index is -0.449. The largest absolute Gasteiger partial charge is 0.490 e. The van der Waals surface area contributed by atoms with E-state index in [0.29, 0.717) is 11.3 Å². The van der Waals surface area contributed by atoms with E-state index in [2.05, 4.69) is 16.9 Å². The van der Waals surface area contributed by atoms with Crippen molar-refractivity contribution in [1.29, 1.82) is 0 Å². The zero-order chi connectivity index (χ0) is 17.8. The normalized spacial score (nSPS) is 10.6. The summed E-state index contributed by atoms with van der Waals surface area (Å²) in [4.78, 5) is 19.7. The van der Waals surface area contributed by atoms with Gasteiger partial charge in [0.15, 0.2) is 5.75 Å². The quantitative estimate of drug-likeness (QED) is 0.471. The maximum absolute atomic E-state index is 11.2. The molecule has 7 heteroatoms. The summed E-state index contributed by atoms with van der Waals surface area (Å²) in [7, 11) is 1.42. The van der Waals surface area contributed by atoms with Crippen LogP contribution in [0.5, 0.6) is 5.75 Å². The number of hydrogen-bond donors (Lipinski definition) is 0. The van der Waals surface area contributed by atoms with Gasteiger partial charge in [0.2, 0.25) is 0 Å². The van der Waals surface area contributed by atoms with E-state index in [-0.39, 0.29) is 11.4 Å². The summed E-state index contributed by atoms with van der Waals surface area (Å²) in [5, 5.41) is 14.0. The second-order valence-electron chi connectivity index (χ2n) is 5.47. The molecule has 0 aliphatic carbocycles. The highest BCUT2D eigenvalue weighted by molar-refractivity contribution is 7.13. The van der Waals surface area contributed by atoms with Crippen LogP contribution in [-0.2, 0) is 6.42 Å². The summed E-state index contributed by atoms with van der Waals surface area (Å²) in [6, 6.07) is 8.84. The van der Waals surface area contributed by atoms with Crippen LogP contribution < -0.4 is 4.74 Å². The van der Waals surface area contributed by atoms with Crippen LogP contribution in [0.15, 0.2) is 41.9 Å². The van der Waals surface area contributed by atoms with E-state index in [9.17, 15) is 10.1 Å². The Morgan fingerprint density at radius 3 is 2.80 bits per heavy atom. The lowest BCUT2D eigenvalue weighted by Gasteiger charge is -2.03. The first-order valence-corrected chi connectivity index (χ1v) is 8.74. The number of ether oxygens (including phenoxy) is 1. The fourth-order valence-electron chi connectivity index (χ4n) is 2.53. The smallest absolute Gasteiger partial charge is 0.311 e. The van der Waals surface area contributed by atoms with E-state index in [1.165, 1.54) is 24.5 Å². The molecule has 3 rings (SSSR count). The third-order valence-corrected chi connectivity index (χ3v) is 4.64. The molecule has 0 spiro atoms. The number of rotatable bonds is 6. The monoisotopic (exact) mass is 355 g/mol. The summed E-state index contributed by atoms with van der Waals surface area (Å²) in [6.45, 7) is 2.12. The zero-order valence-corrected chi connectivity index (χ0v) is 14.7. The van der Waals surface area contributed by atoms with Gasteiger partial charge < -0.3 is 4.74 Å². The van der Waals surface area contributed by atoms with E-state index in [1.807, 2.05) is 17.5 Å². The number of pyridine rings is 1. The number of aryl methyl sites for hydroxylation is 1. The van der Waals surface area contributed by atoms with E-state index >= 15 is 0 Å². The van der Waals surface area contributed by atoms with Crippen LogP contribution in [0.2, 0.25) is 0 Å². The highest BCUT2D eigenvalue weighted by atomic mass is 32.1. The molecule has 0 atom stereocenters. The molecule has 0 saturated carbocycles. The number of benzene rings is 1. The minimum Gasteiger partial charge on any atom is -0.490 e. The fourth-order valence-corrected chi connectivity index (χ4v) is 3.36. The molecule has 25 heavy (non-hydrogen) atoms. The van der Waals surface area contributed by atoms with Crippen LogP contribution in [0.25, 0.3) is 21.8 Å². The third kappa shape index (κ3) is 3.66. The van der Waals surface area contributed by atoms with Crippen molar-refractivity contribution < 1.29 is 9.66 Å². The van der Waals surface area contributed by atoms with Crippen LogP contribution in [0.4, 0.5) is 5.69 Å². The number of methoxy groups -OCH3 is 1. The highest BCUT2D eigenvalue weighted by Crippen LogP contribution is 2.34. The Bertz CT molecular complexity index is 908. The third-order valence-electron chi connectivity index (χ3n) is 3.75. The highest BCUT2D eigenvalue weighted by Gasteiger charge is 2.17. The summed E-state index contributed by atoms with van der Waals surface area (Å²) in [6.07, 6.45) is 3.76. The van der Waals surface area contributed by atoms with Gasteiger partial charge >= 0.3 is 5.69 Å². The van der Waals surface area contributed by atoms with Gasteiger partial charge in [0, 0.05) is 34.5 Å². The molecule has 0 amide bonds. The predicted octanol–water partition coefficient (Wildman–Crippen LogP) is 4.74. The number of nitrogens with zero attached hydrogens (tertiary/aromatic N) is 3. The van der Waals surface area contributed by atoms with Crippen molar-refractivity contribution in [3.63, 3.8) is 0 Å². The van der Waals surface area contributed by atoms with Gasteiger partial charge in [-0.3, -0.25) is 15.1 Å². The second kappa shape index (κ2) is 7.40. The topological polar surface area (TPSA) is 78.2 Å². The average molecular weight is 355 g/mol. The molecule has 0 N–H and O–H groups in total. The second-order valence-corrected chi connectivity index (χ2v) is 6.33. The molecule has 0 bridgehead atoms. The first kappa shape index (κ1) is 17.0. The number of nitro groups is 1. The van der Waals surface area contributed by atoms with Crippen LogP contribution in [0, 0.1) is 10.1 Å². The number of thiazole rings is 1. The molecule has 0 fully saturated rings. The summed E-state index contributed by atoms with van der Waals surface area (Å²) in [5.74, 6) is 0.238. The van der Waals surface area contributed by atoms with Crippen molar-refractivity contribution >= 4 is 17.0 Å². The molecule has 6 nitrogen and oxygen atoms in total. The molecule has 0 unspecified atom stereocenters. The molecule has 3 aromatic rings. The number of hydrogen-bond acceptors (Lipinski definition) is 6. The van der Waals surface area contributed by atoms with E-state index < -0.39 is 4.92 Å². The summed E-state index contributed by atoms with van der Waals surface area (Å²) >= 11 is 1.51. The molecular formula is C18H17N3O3S. The number of aromatic nitrogens is 2. The van der Waals surface area contributed by atoms with Gasteiger partial charge in [-0.25, -0.2) is 4.98 Å². The maximum Gasteiger partial charge on any atom is 0.311 e. The number of nitro benzene ring substituents is 1. The van der Waals surface area contributed by atoms with Gasteiger partial charge in [-0.2, -0.15) is 0 Å². The predicted molar refractivity (Wildman–Crippen MR) is 98.0 cm³/mol. The van der Waals surface area contributed by atoms with Gasteiger partial charge in [0.05, 0.1) is 17.7 Å². The molecule has 1 aromatic carbocycles. The standard InChI is InChI=1S/C18H17N3O3S/c1-3-4-14-9-13(7-8-19-14)18-20-15(11-25-18)12-5-6-17(24-2)16(10-12)21(22)23/h5-11H,3-4H2,1-2H3. The first-order chi connectivity index (χ1) is 12.1. The Kier molecular flexibility index (Phi) is 5.04. The Labute approximate surface area is 149 Å². The van der Waals surface area contributed by atoms with Crippen LogP contribution in [0.3, 0.4) is 0 Å². The lowest BCUT2D eigenvalue weighted by atomic mass is 10.1. The molecule has 0 radical (unpaired) electrons. The Morgan fingerprint density at radius 1 is 1.24 bits per heavy atom. The summed E-state index contributed by atoms with van der Waals surface area (Å²) < 4.78 is 5.04. The van der Waals surface area contributed by atoms with Crippen molar-refractivity contribution in [3.8, 4) is 27.6 Å². The van der Waals surface area contributed by atoms with Gasteiger partial charge in [-0.1, -0.05) is 13.3 Å². The van der Waals surface area contributed by atoms with E-state index in [0.717, 1.165) is 29.1 Å². The molecular weight excluding hydrogens is 338 g/mol. The molecule has 2 heterocycles. The molecule has 0 aliphatic heterocycles. The SMILES string of the molecule is CCCc1cc(-c2nc(-c3ccc(OC)c([N+](=O)[O-])c3)cs2)ccn1. The van der Waals surface area contributed by atoms with E-state index in [4.69, 9.17) is 4.74 Å². The van der Waals surface area contributed by atoms with Gasteiger partial charge in [0.25, 0.3) is 0 Å². The minimum absolute atomic E-state index is 0.0660. The lowest BCUT2D eigenvalue weighted by molar-refractivity contribution is -0.385. The Morgan fingerprint density at radius 2 is 2.08 bits per heavy atom. The Hall–Kier alpha value is -2.80. The fraction of sp³-hybridized carbons (Fsp3) is 0.222. The van der Waals surface area contributed by atoms with Crippen LogP contribution in [-0.4, -0.2) is 22.0 Å². The average Bonchev–Trinajstić information content (AvgIpc) is 3.12. The molecule has 128 valence electrons. The van der Waals surface area contributed by atoms with Crippen molar-refractivity contribution in [3.05, 3.63) is 57.7 Å². The first-order valence-electron chi connectivity index (χ1n) is 7.86. The Balaban J connectivity index is 1.95. The van der Waals surface area contributed by atoms with Gasteiger partial charge in [-0.05, 0) is 30.7 Å². The van der Waals surface area contributed by atoms with Crippen molar-refractivity contribution in [2.45, 2.75) is 19.8 Å².